The number of nitrogens with zero attached hydrogens (tertiary/aromatic N) is 2. The molecule has 7 heteroatoms. The number of amides is 1. The van der Waals surface area contributed by atoms with Gasteiger partial charge in [0.25, 0.3) is 0 Å². The molecule has 2 N–H and O–H groups in total. The molecule has 1 aromatic heterocycles. The van der Waals surface area contributed by atoms with Crippen LogP contribution >= 0.6 is 0 Å². The van der Waals surface area contributed by atoms with Crippen molar-refractivity contribution in [3.8, 4) is 0 Å². The van der Waals surface area contributed by atoms with Crippen molar-refractivity contribution in [2.75, 3.05) is 18.0 Å². The Balaban J connectivity index is 1.94. The number of ether oxygens (including phenoxy) is 1. The number of carboxylic acids is 1. The van der Waals surface area contributed by atoms with Crippen molar-refractivity contribution in [2.45, 2.75) is 51.7 Å². The zero-order valence-corrected chi connectivity index (χ0v) is 14.4. The predicted octanol–water partition coefficient (Wildman–Crippen LogP) is 2.66. The maximum absolute atomic E-state index is 11.9. The Morgan fingerprint density at radius 1 is 1.33 bits per heavy atom. The van der Waals surface area contributed by atoms with Crippen LogP contribution in [0.5, 0.6) is 0 Å². The Kier molecular flexibility index (Phi) is 5.64. The van der Waals surface area contributed by atoms with E-state index in [0.29, 0.717) is 12.4 Å². The Morgan fingerprint density at radius 3 is 2.75 bits per heavy atom. The first kappa shape index (κ1) is 18.0. The molecular formula is C17H25N3O4. The molecule has 2 heterocycles. The number of rotatable bonds is 3. The maximum atomic E-state index is 11.9. The van der Waals surface area contributed by atoms with E-state index in [1.54, 1.807) is 6.07 Å². The van der Waals surface area contributed by atoms with Gasteiger partial charge < -0.3 is 20.1 Å². The lowest BCUT2D eigenvalue weighted by molar-refractivity contribution is 0.0500. The summed E-state index contributed by atoms with van der Waals surface area (Å²) in [6.45, 7) is 6.99. The standard InChI is InChI=1S/C17H25N3O4/c1-17(2,3)24-16(23)19-13-5-4-9-20(10-7-13)14-11-12(15(21)22)6-8-18-14/h6,8,11,13H,4-5,7,9-10H2,1-3H3,(H,19,23)(H,21,22). The summed E-state index contributed by atoms with van der Waals surface area (Å²) < 4.78 is 5.29. The van der Waals surface area contributed by atoms with Crippen LogP contribution in [0.2, 0.25) is 0 Å². The third kappa shape index (κ3) is 5.40. The summed E-state index contributed by atoms with van der Waals surface area (Å²) in [5.74, 6) is -0.300. The van der Waals surface area contributed by atoms with Crippen LogP contribution in [-0.4, -0.2) is 46.9 Å². The van der Waals surface area contributed by atoms with E-state index in [4.69, 9.17) is 9.84 Å². The van der Waals surface area contributed by atoms with Gasteiger partial charge in [0.05, 0.1) is 5.56 Å². The van der Waals surface area contributed by atoms with Crippen molar-refractivity contribution >= 4 is 17.9 Å². The van der Waals surface area contributed by atoms with E-state index in [2.05, 4.69) is 15.2 Å². The molecule has 1 aliphatic heterocycles. The summed E-state index contributed by atoms with van der Waals surface area (Å²) in [4.78, 5) is 29.3. The minimum absolute atomic E-state index is 0.0486. The number of aromatic carboxylic acids is 1. The number of hydrogen-bond acceptors (Lipinski definition) is 5. The lowest BCUT2D eigenvalue weighted by Gasteiger charge is -2.23. The molecule has 1 aliphatic rings. The summed E-state index contributed by atoms with van der Waals surface area (Å²) in [6.07, 6.45) is 3.62. The molecule has 24 heavy (non-hydrogen) atoms. The summed E-state index contributed by atoms with van der Waals surface area (Å²) in [5, 5.41) is 12.0. The second-order valence-corrected chi connectivity index (χ2v) is 6.97. The molecule has 132 valence electrons. The van der Waals surface area contributed by atoms with Crippen LogP contribution in [0.3, 0.4) is 0 Å². The fourth-order valence-corrected chi connectivity index (χ4v) is 2.67. The fraction of sp³-hybridized carbons (Fsp3) is 0.588. The topological polar surface area (TPSA) is 91.8 Å². The van der Waals surface area contributed by atoms with Crippen LogP contribution in [0.1, 0.15) is 50.4 Å². The van der Waals surface area contributed by atoms with Gasteiger partial charge in [0.1, 0.15) is 11.4 Å². The smallest absolute Gasteiger partial charge is 0.407 e. The Morgan fingerprint density at radius 2 is 2.08 bits per heavy atom. The molecule has 7 nitrogen and oxygen atoms in total. The molecule has 1 amide bonds. The van der Waals surface area contributed by atoms with Gasteiger partial charge in [-0.3, -0.25) is 0 Å². The molecule has 0 saturated carbocycles. The molecule has 0 aromatic carbocycles. The molecule has 2 rings (SSSR count). The van der Waals surface area contributed by atoms with Crippen molar-refractivity contribution in [1.29, 1.82) is 0 Å². The highest BCUT2D eigenvalue weighted by molar-refractivity contribution is 5.88. The minimum atomic E-state index is -0.960. The molecule has 0 radical (unpaired) electrons. The normalized spacial score (nSPS) is 18.6. The van der Waals surface area contributed by atoms with E-state index in [1.807, 2.05) is 20.8 Å². The molecule has 0 spiro atoms. The number of nitrogens with one attached hydrogen (secondary N) is 1. The number of hydrogen-bond donors (Lipinski definition) is 2. The van der Waals surface area contributed by atoms with Gasteiger partial charge in [0.15, 0.2) is 0 Å². The van der Waals surface area contributed by atoms with Crippen molar-refractivity contribution in [3.05, 3.63) is 23.9 Å². The molecule has 1 atom stereocenters. The second kappa shape index (κ2) is 7.51. The lowest BCUT2D eigenvalue weighted by atomic mass is 10.1. The van der Waals surface area contributed by atoms with Gasteiger partial charge in [-0.05, 0) is 52.2 Å². The highest BCUT2D eigenvalue weighted by Gasteiger charge is 2.23. The second-order valence-electron chi connectivity index (χ2n) is 6.97. The van der Waals surface area contributed by atoms with Gasteiger partial charge in [-0.2, -0.15) is 0 Å². The number of aromatic nitrogens is 1. The molecule has 0 aliphatic carbocycles. The van der Waals surface area contributed by atoms with Gasteiger partial charge in [0, 0.05) is 25.3 Å². The van der Waals surface area contributed by atoms with Gasteiger partial charge in [0.2, 0.25) is 0 Å². The third-order valence-corrected chi connectivity index (χ3v) is 3.77. The largest absolute Gasteiger partial charge is 0.478 e. The number of carbonyl (C=O) groups is 2. The van der Waals surface area contributed by atoms with E-state index in [1.165, 1.54) is 12.3 Å². The molecule has 1 saturated heterocycles. The Bertz CT molecular complexity index is 598. The summed E-state index contributed by atoms with van der Waals surface area (Å²) >= 11 is 0. The van der Waals surface area contributed by atoms with Crippen molar-refractivity contribution in [2.24, 2.45) is 0 Å². The van der Waals surface area contributed by atoms with E-state index < -0.39 is 17.7 Å². The SMILES string of the molecule is CC(C)(C)OC(=O)NC1CCCN(c2cc(C(=O)O)ccn2)CC1. The quantitative estimate of drug-likeness (QED) is 0.882. The lowest BCUT2D eigenvalue weighted by Crippen LogP contribution is -2.39. The average molecular weight is 335 g/mol. The van der Waals surface area contributed by atoms with Gasteiger partial charge in [-0.25, -0.2) is 14.6 Å². The number of pyridine rings is 1. The number of anilines is 1. The summed E-state index contributed by atoms with van der Waals surface area (Å²) in [6, 6.07) is 3.12. The zero-order chi connectivity index (χ0) is 17.7. The average Bonchev–Trinajstić information content (AvgIpc) is 2.71. The summed E-state index contributed by atoms with van der Waals surface area (Å²) in [5.41, 5.74) is -0.283. The van der Waals surface area contributed by atoms with Crippen molar-refractivity contribution < 1.29 is 19.4 Å². The summed E-state index contributed by atoms with van der Waals surface area (Å²) in [7, 11) is 0. The third-order valence-electron chi connectivity index (χ3n) is 3.77. The van der Waals surface area contributed by atoms with E-state index in [0.717, 1.165) is 25.8 Å². The van der Waals surface area contributed by atoms with E-state index in [9.17, 15) is 9.59 Å². The van der Waals surface area contributed by atoms with Crippen LogP contribution in [0.4, 0.5) is 10.6 Å². The highest BCUT2D eigenvalue weighted by atomic mass is 16.6. The first-order valence-corrected chi connectivity index (χ1v) is 8.18. The van der Waals surface area contributed by atoms with E-state index >= 15 is 0 Å². The highest BCUT2D eigenvalue weighted by Crippen LogP contribution is 2.19. The molecule has 1 fully saturated rings. The van der Waals surface area contributed by atoms with Crippen molar-refractivity contribution in [3.63, 3.8) is 0 Å². The van der Waals surface area contributed by atoms with Crippen LogP contribution in [0.25, 0.3) is 0 Å². The fourth-order valence-electron chi connectivity index (χ4n) is 2.67. The minimum Gasteiger partial charge on any atom is -0.478 e. The molecule has 1 unspecified atom stereocenters. The first-order valence-electron chi connectivity index (χ1n) is 8.18. The molecule has 1 aromatic rings. The Labute approximate surface area is 142 Å². The van der Waals surface area contributed by atoms with Crippen molar-refractivity contribution in [1.82, 2.24) is 10.3 Å². The van der Waals surface area contributed by atoms with E-state index in [-0.39, 0.29) is 11.6 Å². The van der Waals surface area contributed by atoms with Crippen LogP contribution in [0.15, 0.2) is 18.3 Å². The zero-order valence-electron chi connectivity index (χ0n) is 14.4. The number of alkyl carbamates (subject to hydrolysis) is 1. The van der Waals surface area contributed by atoms with Gasteiger partial charge >= 0.3 is 12.1 Å². The van der Waals surface area contributed by atoms with Crippen LogP contribution in [0, 0.1) is 0 Å². The Hall–Kier alpha value is -2.31. The predicted molar refractivity (Wildman–Crippen MR) is 90.4 cm³/mol. The number of carbonyl (C=O) groups excluding carboxylic acids is 1. The maximum Gasteiger partial charge on any atom is 0.407 e. The molecular weight excluding hydrogens is 310 g/mol. The van der Waals surface area contributed by atoms with Crippen LogP contribution < -0.4 is 10.2 Å². The molecule has 0 bridgehead atoms. The van der Waals surface area contributed by atoms with Gasteiger partial charge in [-0.1, -0.05) is 0 Å². The van der Waals surface area contributed by atoms with Crippen LogP contribution in [-0.2, 0) is 4.74 Å². The first-order chi connectivity index (χ1) is 11.2. The van der Waals surface area contributed by atoms with Gasteiger partial charge in [-0.15, -0.1) is 0 Å². The number of carboxylic acid groups (broad SMARTS) is 1. The monoisotopic (exact) mass is 335 g/mol.